The van der Waals surface area contributed by atoms with Crippen LogP contribution in [0.2, 0.25) is 0 Å². The van der Waals surface area contributed by atoms with Gasteiger partial charge in [-0.1, -0.05) is 29.3 Å². The molecule has 4 N–H and O–H groups in total. The number of aromatic nitrogens is 2. The highest BCUT2D eigenvalue weighted by Crippen LogP contribution is 2.35. The van der Waals surface area contributed by atoms with Gasteiger partial charge in [0.05, 0.1) is 12.3 Å². The Labute approximate surface area is 137 Å². The summed E-state index contributed by atoms with van der Waals surface area (Å²) in [5, 5.41) is 9.32. The average Bonchev–Trinajstić information content (AvgIpc) is 2.48. The van der Waals surface area contributed by atoms with Crippen LogP contribution in [0.25, 0.3) is 11.3 Å². The number of nitrogens with two attached hydrogens (primary N) is 2. The van der Waals surface area contributed by atoms with Gasteiger partial charge >= 0.3 is 0 Å². The molecule has 1 heterocycles. The number of halogens is 1. The average molecular weight is 362 g/mol. The molecule has 2 rings (SSSR count). The first kappa shape index (κ1) is 16.0. The van der Waals surface area contributed by atoms with E-state index in [1.165, 1.54) is 0 Å². The van der Waals surface area contributed by atoms with E-state index in [2.05, 4.69) is 32.8 Å². The van der Waals surface area contributed by atoms with E-state index in [9.17, 15) is 5.26 Å². The molecule has 0 aliphatic rings. The maximum Gasteiger partial charge on any atom is 0.222 e. The Morgan fingerprint density at radius 3 is 2.77 bits per heavy atom. The minimum Gasteiger partial charge on any atom is -0.493 e. The first-order valence-corrected chi connectivity index (χ1v) is 7.62. The number of nitrogen functional groups attached to an aromatic ring is 2. The molecule has 0 saturated carbocycles. The van der Waals surface area contributed by atoms with Gasteiger partial charge < -0.3 is 16.2 Å². The monoisotopic (exact) mass is 361 g/mol. The van der Waals surface area contributed by atoms with Gasteiger partial charge in [-0.05, 0) is 24.6 Å². The molecule has 0 saturated heterocycles. The van der Waals surface area contributed by atoms with Gasteiger partial charge in [0.2, 0.25) is 5.95 Å². The Bertz CT molecular complexity index is 727. The van der Waals surface area contributed by atoms with Crippen LogP contribution in [0.5, 0.6) is 5.75 Å². The number of hydrogen-bond acceptors (Lipinski definition) is 6. The fourth-order valence-electron chi connectivity index (χ4n) is 1.94. The SMILES string of the molecule is CCCCOc1ccc(Br)cc1-c1nc(N)nc(N)c1C#N. The summed E-state index contributed by atoms with van der Waals surface area (Å²) in [6.45, 7) is 2.68. The molecule has 0 atom stereocenters. The molecule has 0 amide bonds. The number of benzene rings is 1. The zero-order chi connectivity index (χ0) is 16.1. The van der Waals surface area contributed by atoms with E-state index < -0.39 is 0 Å². The van der Waals surface area contributed by atoms with E-state index in [0.717, 1.165) is 17.3 Å². The fraction of sp³-hybridized carbons (Fsp3) is 0.267. The second kappa shape index (κ2) is 7.09. The highest BCUT2D eigenvalue weighted by atomic mass is 79.9. The third-order valence-electron chi connectivity index (χ3n) is 3.02. The number of ether oxygens (including phenoxy) is 1. The first-order valence-electron chi connectivity index (χ1n) is 6.82. The molecule has 1 aromatic carbocycles. The summed E-state index contributed by atoms with van der Waals surface area (Å²) in [4.78, 5) is 8.00. The molecular weight excluding hydrogens is 346 g/mol. The number of nitrogens with zero attached hydrogens (tertiary/aromatic N) is 3. The molecule has 114 valence electrons. The van der Waals surface area contributed by atoms with Crippen LogP contribution in [0.15, 0.2) is 22.7 Å². The first-order chi connectivity index (χ1) is 10.6. The van der Waals surface area contributed by atoms with Gasteiger partial charge in [-0.25, -0.2) is 4.98 Å². The van der Waals surface area contributed by atoms with Crippen LogP contribution < -0.4 is 16.2 Å². The lowest BCUT2D eigenvalue weighted by molar-refractivity contribution is 0.310. The van der Waals surface area contributed by atoms with Crippen molar-refractivity contribution in [2.24, 2.45) is 0 Å². The largest absolute Gasteiger partial charge is 0.493 e. The summed E-state index contributed by atoms with van der Waals surface area (Å²) in [6.07, 6.45) is 1.97. The molecule has 0 bridgehead atoms. The standard InChI is InChI=1S/C15H16BrN5O/c1-2-3-6-22-12-5-4-9(16)7-10(12)13-11(8-17)14(18)21-15(19)20-13/h4-5,7H,2-3,6H2,1H3,(H4,18,19,20,21). The van der Waals surface area contributed by atoms with Crippen LogP contribution in [0, 0.1) is 11.3 Å². The fourth-order valence-corrected chi connectivity index (χ4v) is 2.30. The molecular formula is C15H16BrN5O. The van der Waals surface area contributed by atoms with Crippen LogP contribution in [0.3, 0.4) is 0 Å². The number of hydrogen-bond donors (Lipinski definition) is 2. The minimum absolute atomic E-state index is 0.0194. The summed E-state index contributed by atoms with van der Waals surface area (Å²) in [5.74, 6) is 0.709. The number of anilines is 2. The summed E-state index contributed by atoms with van der Waals surface area (Å²) in [5.41, 5.74) is 12.7. The third-order valence-corrected chi connectivity index (χ3v) is 3.51. The van der Waals surface area contributed by atoms with Crippen molar-refractivity contribution in [2.45, 2.75) is 19.8 Å². The lowest BCUT2D eigenvalue weighted by Gasteiger charge is -2.13. The summed E-state index contributed by atoms with van der Waals surface area (Å²) in [7, 11) is 0. The van der Waals surface area contributed by atoms with Gasteiger partial charge in [0.1, 0.15) is 23.2 Å². The Morgan fingerprint density at radius 2 is 2.09 bits per heavy atom. The molecule has 7 heteroatoms. The van der Waals surface area contributed by atoms with E-state index >= 15 is 0 Å². The predicted octanol–water partition coefficient (Wildman–Crippen LogP) is 3.12. The molecule has 0 aliphatic heterocycles. The van der Waals surface area contributed by atoms with Crippen LogP contribution >= 0.6 is 15.9 Å². The lowest BCUT2D eigenvalue weighted by Crippen LogP contribution is -2.06. The summed E-state index contributed by atoms with van der Waals surface area (Å²) >= 11 is 3.41. The molecule has 0 radical (unpaired) electrons. The molecule has 22 heavy (non-hydrogen) atoms. The smallest absolute Gasteiger partial charge is 0.222 e. The second-order valence-electron chi connectivity index (χ2n) is 4.64. The molecule has 6 nitrogen and oxygen atoms in total. The van der Waals surface area contributed by atoms with Gasteiger partial charge in [0.25, 0.3) is 0 Å². The van der Waals surface area contributed by atoms with E-state index in [1.807, 2.05) is 24.3 Å². The van der Waals surface area contributed by atoms with Crippen LogP contribution in [-0.2, 0) is 0 Å². The molecule has 0 unspecified atom stereocenters. The number of unbranched alkanes of at least 4 members (excludes halogenated alkanes) is 1. The van der Waals surface area contributed by atoms with Crippen LogP contribution in [-0.4, -0.2) is 16.6 Å². The van der Waals surface area contributed by atoms with Crippen molar-refractivity contribution in [1.29, 1.82) is 5.26 Å². The van der Waals surface area contributed by atoms with Crippen molar-refractivity contribution in [3.63, 3.8) is 0 Å². The Balaban J connectivity index is 2.56. The van der Waals surface area contributed by atoms with Crippen molar-refractivity contribution >= 4 is 27.7 Å². The zero-order valence-corrected chi connectivity index (χ0v) is 13.7. The highest BCUT2D eigenvalue weighted by Gasteiger charge is 2.17. The van der Waals surface area contributed by atoms with Crippen LogP contribution in [0.1, 0.15) is 25.3 Å². The van der Waals surface area contributed by atoms with E-state index in [4.69, 9.17) is 16.2 Å². The zero-order valence-electron chi connectivity index (χ0n) is 12.1. The van der Waals surface area contributed by atoms with Crippen LogP contribution in [0.4, 0.5) is 11.8 Å². The topological polar surface area (TPSA) is 111 Å². The molecule has 0 spiro atoms. The van der Waals surface area contributed by atoms with E-state index in [-0.39, 0.29) is 17.3 Å². The van der Waals surface area contributed by atoms with Gasteiger partial charge in [-0.15, -0.1) is 0 Å². The van der Waals surface area contributed by atoms with Gasteiger partial charge in [-0.3, -0.25) is 0 Å². The van der Waals surface area contributed by atoms with Gasteiger partial charge in [0.15, 0.2) is 0 Å². The van der Waals surface area contributed by atoms with Crippen molar-refractivity contribution in [1.82, 2.24) is 9.97 Å². The molecule has 1 aromatic heterocycles. The minimum atomic E-state index is 0.0194. The quantitative estimate of drug-likeness (QED) is 0.791. The van der Waals surface area contributed by atoms with Crippen molar-refractivity contribution in [3.05, 3.63) is 28.2 Å². The highest BCUT2D eigenvalue weighted by molar-refractivity contribution is 9.10. The second-order valence-corrected chi connectivity index (χ2v) is 5.56. The predicted molar refractivity (Wildman–Crippen MR) is 89.1 cm³/mol. The lowest BCUT2D eigenvalue weighted by atomic mass is 10.1. The summed E-state index contributed by atoms with van der Waals surface area (Å²) < 4.78 is 6.63. The van der Waals surface area contributed by atoms with Crippen molar-refractivity contribution in [2.75, 3.05) is 18.1 Å². The van der Waals surface area contributed by atoms with Crippen molar-refractivity contribution in [3.8, 4) is 23.1 Å². The van der Waals surface area contributed by atoms with Crippen molar-refractivity contribution < 1.29 is 4.74 Å². The molecule has 0 aliphatic carbocycles. The Morgan fingerprint density at radius 1 is 1.32 bits per heavy atom. The number of rotatable bonds is 5. The Kier molecular flexibility index (Phi) is 5.17. The Hall–Kier alpha value is -2.33. The van der Waals surface area contributed by atoms with E-state index in [0.29, 0.717) is 23.6 Å². The van der Waals surface area contributed by atoms with Gasteiger partial charge in [0, 0.05) is 10.0 Å². The third kappa shape index (κ3) is 3.46. The number of nitriles is 1. The summed E-state index contributed by atoms with van der Waals surface area (Å²) in [6, 6.07) is 7.54. The molecule has 0 fully saturated rings. The van der Waals surface area contributed by atoms with Gasteiger partial charge in [-0.2, -0.15) is 10.2 Å². The maximum absolute atomic E-state index is 9.32. The van der Waals surface area contributed by atoms with E-state index in [1.54, 1.807) is 0 Å². The molecule has 2 aromatic rings. The maximum atomic E-state index is 9.32. The normalized spacial score (nSPS) is 10.2.